The number of aliphatic hydroxyl groups is 1. The average Bonchev–Trinajstić information content (AvgIpc) is 2.28. The first-order valence-electron chi connectivity index (χ1n) is 4.93. The molecule has 0 aliphatic heterocycles. The fourth-order valence-electron chi connectivity index (χ4n) is 1.18. The first-order chi connectivity index (χ1) is 8.38. The van der Waals surface area contributed by atoms with E-state index in [1.165, 1.54) is 0 Å². The van der Waals surface area contributed by atoms with Crippen LogP contribution in [0.2, 0.25) is 5.02 Å². The van der Waals surface area contributed by atoms with Gasteiger partial charge < -0.3 is 5.11 Å². The van der Waals surface area contributed by atoms with Crippen molar-refractivity contribution in [1.29, 1.82) is 0 Å². The third-order valence-corrected chi connectivity index (χ3v) is 3.99. The summed E-state index contributed by atoms with van der Waals surface area (Å²) in [7, 11) is -3.82. The molecule has 1 aromatic carbocycles. The highest BCUT2D eigenvalue weighted by molar-refractivity contribution is 7.89. The molecule has 0 aliphatic rings. The number of nitro groups is 1. The van der Waals surface area contributed by atoms with E-state index < -0.39 is 14.9 Å². The van der Waals surface area contributed by atoms with E-state index >= 15 is 0 Å². The number of sulfonamides is 1. The summed E-state index contributed by atoms with van der Waals surface area (Å²) in [4.78, 5) is 9.58. The van der Waals surface area contributed by atoms with Crippen LogP contribution in [-0.2, 0) is 10.0 Å². The van der Waals surface area contributed by atoms with Crippen LogP contribution in [0.15, 0.2) is 23.1 Å². The summed E-state index contributed by atoms with van der Waals surface area (Å²) >= 11 is 5.70. The van der Waals surface area contributed by atoms with Crippen molar-refractivity contribution in [3.05, 3.63) is 33.3 Å². The highest BCUT2D eigenvalue weighted by atomic mass is 35.5. The molecule has 0 amide bonds. The van der Waals surface area contributed by atoms with Crippen molar-refractivity contribution in [2.45, 2.75) is 11.3 Å². The molecule has 0 saturated carbocycles. The second-order valence-corrected chi connectivity index (χ2v) is 5.49. The molecular weight excluding hydrogens is 284 g/mol. The van der Waals surface area contributed by atoms with Gasteiger partial charge in [0.25, 0.3) is 5.69 Å². The Kier molecular flexibility index (Phi) is 5.03. The molecule has 9 heteroatoms. The largest absolute Gasteiger partial charge is 0.396 e. The highest BCUT2D eigenvalue weighted by Gasteiger charge is 2.19. The monoisotopic (exact) mass is 294 g/mol. The lowest BCUT2D eigenvalue weighted by molar-refractivity contribution is -0.384. The summed E-state index contributed by atoms with van der Waals surface area (Å²) in [5.74, 6) is 0. The average molecular weight is 295 g/mol. The normalized spacial score (nSPS) is 11.4. The lowest BCUT2D eigenvalue weighted by Gasteiger charge is -2.07. The van der Waals surface area contributed by atoms with Crippen LogP contribution in [0.4, 0.5) is 5.69 Å². The predicted molar refractivity (Wildman–Crippen MR) is 65.0 cm³/mol. The molecule has 0 fully saturated rings. The van der Waals surface area contributed by atoms with Crippen molar-refractivity contribution >= 4 is 27.3 Å². The van der Waals surface area contributed by atoms with Crippen LogP contribution in [0.3, 0.4) is 0 Å². The van der Waals surface area contributed by atoms with Crippen LogP contribution in [0.5, 0.6) is 0 Å². The molecule has 0 radical (unpaired) electrons. The van der Waals surface area contributed by atoms with Gasteiger partial charge in [-0.05, 0) is 12.5 Å². The summed E-state index contributed by atoms with van der Waals surface area (Å²) in [5, 5.41) is 18.8. The number of hydrogen-bond donors (Lipinski definition) is 2. The lowest BCUT2D eigenvalue weighted by atomic mass is 10.3. The van der Waals surface area contributed by atoms with E-state index in [0.717, 1.165) is 18.2 Å². The molecule has 0 bridgehead atoms. The van der Waals surface area contributed by atoms with E-state index in [2.05, 4.69) is 4.72 Å². The molecular formula is C9H11ClN2O5S. The van der Waals surface area contributed by atoms with Crippen LogP contribution < -0.4 is 4.72 Å². The van der Waals surface area contributed by atoms with Gasteiger partial charge in [0.2, 0.25) is 10.0 Å². The Labute approximate surface area is 109 Å². The Morgan fingerprint density at radius 1 is 1.44 bits per heavy atom. The Morgan fingerprint density at radius 3 is 2.61 bits per heavy atom. The maximum Gasteiger partial charge on any atom is 0.271 e. The fourth-order valence-corrected chi connectivity index (χ4v) is 2.80. The van der Waals surface area contributed by atoms with Crippen molar-refractivity contribution in [2.75, 3.05) is 13.2 Å². The molecule has 18 heavy (non-hydrogen) atoms. The quantitative estimate of drug-likeness (QED) is 0.460. The Morgan fingerprint density at radius 2 is 2.11 bits per heavy atom. The van der Waals surface area contributed by atoms with Crippen LogP contribution in [0.25, 0.3) is 0 Å². The van der Waals surface area contributed by atoms with Gasteiger partial charge in [-0.25, -0.2) is 13.1 Å². The number of benzene rings is 1. The molecule has 0 aliphatic carbocycles. The molecule has 1 rings (SSSR count). The summed E-state index contributed by atoms with van der Waals surface area (Å²) in [6, 6.07) is 3.11. The Hall–Kier alpha value is -1.22. The molecule has 1 aromatic rings. The molecule has 0 unspecified atom stereocenters. The summed E-state index contributed by atoms with van der Waals surface area (Å²) < 4.78 is 25.7. The van der Waals surface area contributed by atoms with Gasteiger partial charge in [-0.15, -0.1) is 0 Å². The molecule has 0 spiro atoms. The molecule has 7 nitrogen and oxygen atoms in total. The lowest BCUT2D eigenvalue weighted by Crippen LogP contribution is -2.25. The second-order valence-electron chi connectivity index (χ2n) is 3.35. The first kappa shape index (κ1) is 14.8. The minimum atomic E-state index is -3.82. The summed E-state index contributed by atoms with van der Waals surface area (Å²) in [5.41, 5.74) is -0.283. The number of nitro benzene ring substituents is 1. The van der Waals surface area contributed by atoms with Crippen molar-refractivity contribution < 1.29 is 18.4 Å². The summed E-state index contributed by atoms with van der Waals surface area (Å²) in [6.07, 6.45) is 0.268. The van der Waals surface area contributed by atoms with Crippen LogP contribution >= 0.6 is 11.6 Å². The van der Waals surface area contributed by atoms with E-state index in [9.17, 15) is 18.5 Å². The maximum absolute atomic E-state index is 11.8. The highest BCUT2D eigenvalue weighted by Crippen LogP contribution is 2.25. The third kappa shape index (κ3) is 3.64. The van der Waals surface area contributed by atoms with Crippen molar-refractivity contribution in [3.8, 4) is 0 Å². The minimum absolute atomic E-state index is 0.0617. The summed E-state index contributed by atoms with van der Waals surface area (Å²) in [6.45, 7) is -0.0807. The molecule has 0 saturated heterocycles. The van der Waals surface area contributed by atoms with Crippen LogP contribution in [-0.4, -0.2) is 31.6 Å². The topological polar surface area (TPSA) is 110 Å². The molecule has 0 heterocycles. The predicted octanol–water partition coefficient (Wildman–Crippen LogP) is 0.909. The Balaban J connectivity index is 2.99. The number of halogens is 1. The van der Waals surface area contributed by atoms with Crippen LogP contribution in [0.1, 0.15) is 6.42 Å². The second kappa shape index (κ2) is 6.10. The van der Waals surface area contributed by atoms with E-state index in [1.807, 2.05) is 0 Å². The van der Waals surface area contributed by atoms with Gasteiger partial charge in [-0.3, -0.25) is 10.1 Å². The zero-order valence-electron chi connectivity index (χ0n) is 9.17. The van der Waals surface area contributed by atoms with Gasteiger partial charge in [-0.2, -0.15) is 0 Å². The number of nitrogens with one attached hydrogen (secondary N) is 1. The number of hydrogen-bond acceptors (Lipinski definition) is 5. The fraction of sp³-hybridized carbons (Fsp3) is 0.333. The molecule has 0 aromatic heterocycles. The molecule has 2 N–H and O–H groups in total. The van der Waals surface area contributed by atoms with Gasteiger partial charge in [0.1, 0.15) is 4.90 Å². The van der Waals surface area contributed by atoms with Crippen molar-refractivity contribution in [3.63, 3.8) is 0 Å². The molecule has 100 valence electrons. The Bertz CT molecular complexity index is 546. The number of rotatable bonds is 6. The number of aliphatic hydroxyl groups excluding tert-OH is 1. The minimum Gasteiger partial charge on any atom is -0.396 e. The van der Waals surface area contributed by atoms with Crippen LogP contribution in [0, 0.1) is 10.1 Å². The smallest absolute Gasteiger partial charge is 0.271 e. The standard InChI is InChI=1S/C9H11ClN2O5S/c10-8-6-7(12(14)15)2-3-9(8)18(16,17)11-4-1-5-13/h2-3,6,11,13H,1,4-5H2. The SMILES string of the molecule is O=[N+]([O-])c1ccc(S(=O)(=O)NCCCO)c(Cl)c1. The molecule has 0 atom stereocenters. The van der Waals surface area contributed by atoms with Gasteiger partial charge >= 0.3 is 0 Å². The first-order valence-corrected chi connectivity index (χ1v) is 6.79. The number of nitrogens with zero attached hydrogens (tertiary/aromatic N) is 1. The van der Waals surface area contributed by atoms with Crippen molar-refractivity contribution in [1.82, 2.24) is 4.72 Å². The zero-order valence-corrected chi connectivity index (χ0v) is 10.7. The van der Waals surface area contributed by atoms with Gasteiger partial charge in [0, 0.05) is 25.3 Å². The van der Waals surface area contributed by atoms with Gasteiger partial charge in [0.15, 0.2) is 0 Å². The zero-order chi connectivity index (χ0) is 13.8. The maximum atomic E-state index is 11.8. The van der Waals surface area contributed by atoms with Gasteiger partial charge in [-0.1, -0.05) is 11.6 Å². The number of non-ortho nitro benzene ring substituents is 1. The van der Waals surface area contributed by atoms with Crippen molar-refractivity contribution in [2.24, 2.45) is 0 Å². The van der Waals surface area contributed by atoms with E-state index in [-0.39, 0.29) is 35.2 Å². The van der Waals surface area contributed by atoms with Gasteiger partial charge in [0.05, 0.1) is 9.95 Å². The third-order valence-electron chi connectivity index (χ3n) is 2.04. The van der Waals surface area contributed by atoms with E-state index in [0.29, 0.717) is 0 Å². The van der Waals surface area contributed by atoms with E-state index in [4.69, 9.17) is 16.7 Å². The van der Waals surface area contributed by atoms with E-state index in [1.54, 1.807) is 0 Å².